The average molecular weight is 763 g/mol. The van der Waals surface area contributed by atoms with E-state index in [0.29, 0.717) is 23.9 Å². The molecule has 0 rings (SSSR count). The maximum atomic E-state index is 12.6. The van der Waals surface area contributed by atoms with Gasteiger partial charge in [0.2, 0.25) is 0 Å². The number of hydrogen-bond acceptors (Lipinski definition) is 7. The van der Waals surface area contributed by atoms with Gasteiger partial charge in [0.1, 0.15) is 19.8 Å². The Morgan fingerprint density at radius 2 is 1.08 bits per heavy atom. The van der Waals surface area contributed by atoms with Crippen LogP contribution in [-0.4, -0.2) is 74.9 Å². The number of esters is 2. The minimum Gasteiger partial charge on any atom is -0.462 e. The Labute approximate surface area is 322 Å². The highest BCUT2D eigenvalue weighted by Gasteiger charge is 2.27. The Hall–Kier alpha value is -2.81. The number of rotatable bonds is 34. The summed E-state index contributed by atoms with van der Waals surface area (Å²) >= 11 is 0. The number of phosphoric acid groups is 1. The van der Waals surface area contributed by atoms with E-state index in [1.54, 1.807) is 0 Å². The number of quaternary nitrogens is 1. The number of unbranched alkanes of at least 4 members (excludes halogenated alkanes) is 6. The van der Waals surface area contributed by atoms with Crippen LogP contribution in [0, 0.1) is 0 Å². The van der Waals surface area contributed by atoms with Gasteiger partial charge in [-0.1, -0.05) is 131 Å². The molecule has 2 atom stereocenters. The number of carbonyl (C=O) groups is 2. The minimum absolute atomic E-state index is 0.00703. The van der Waals surface area contributed by atoms with Crippen LogP contribution in [-0.2, 0) is 32.7 Å². The Balaban J connectivity index is 4.64. The van der Waals surface area contributed by atoms with E-state index in [0.717, 1.165) is 44.9 Å². The Morgan fingerprint density at radius 3 is 1.60 bits per heavy atom. The maximum absolute atomic E-state index is 12.6. The lowest BCUT2D eigenvalue weighted by Gasteiger charge is -2.24. The Bertz CT molecular complexity index is 1180. The fourth-order valence-electron chi connectivity index (χ4n) is 4.58. The molecule has 302 valence electrons. The van der Waals surface area contributed by atoms with Crippen molar-refractivity contribution in [3.8, 4) is 0 Å². The SMILES string of the molecule is CC/C=C/C/C=C/C/C=C/C/C=C/C/C=C/CCC(=O)OCC(COP(=O)(O)OCC[N+](C)(C)C)OC(=O)CC/C=C/C/C=C/CCCCCCCC. The fraction of sp³-hybridized carbons (Fsp3) is 0.628. The van der Waals surface area contributed by atoms with E-state index in [1.807, 2.05) is 45.4 Å². The van der Waals surface area contributed by atoms with Crippen LogP contribution in [0.3, 0.4) is 0 Å². The highest BCUT2D eigenvalue weighted by atomic mass is 31.2. The number of allylic oxidation sites excluding steroid dienone is 14. The van der Waals surface area contributed by atoms with Gasteiger partial charge in [-0.25, -0.2) is 4.57 Å². The van der Waals surface area contributed by atoms with Crippen molar-refractivity contribution >= 4 is 19.8 Å². The van der Waals surface area contributed by atoms with E-state index in [4.69, 9.17) is 18.5 Å². The van der Waals surface area contributed by atoms with Crippen LogP contribution in [0.4, 0.5) is 0 Å². The molecule has 0 spiro atoms. The summed E-state index contributed by atoms with van der Waals surface area (Å²) in [6.45, 7) is 4.11. The van der Waals surface area contributed by atoms with E-state index < -0.39 is 32.5 Å². The fourth-order valence-corrected chi connectivity index (χ4v) is 5.33. The summed E-state index contributed by atoms with van der Waals surface area (Å²) in [5.41, 5.74) is 0. The number of hydrogen-bond donors (Lipinski definition) is 1. The van der Waals surface area contributed by atoms with E-state index in [2.05, 4.69) is 74.6 Å². The molecule has 0 bridgehead atoms. The van der Waals surface area contributed by atoms with Crippen molar-refractivity contribution in [2.45, 2.75) is 129 Å². The normalized spacial score (nSPS) is 14.6. The third-order valence-corrected chi connectivity index (χ3v) is 8.67. The summed E-state index contributed by atoms with van der Waals surface area (Å²) in [5.74, 6) is -0.985. The summed E-state index contributed by atoms with van der Waals surface area (Å²) in [7, 11) is 1.39. The summed E-state index contributed by atoms with van der Waals surface area (Å²) in [6.07, 6.45) is 43.8. The van der Waals surface area contributed by atoms with E-state index >= 15 is 0 Å². The molecule has 1 N–H and O–H groups in total. The predicted molar refractivity (Wildman–Crippen MR) is 219 cm³/mol. The van der Waals surface area contributed by atoms with Crippen molar-refractivity contribution < 1.29 is 42.1 Å². The second-order valence-electron chi connectivity index (χ2n) is 13.9. The van der Waals surface area contributed by atoms with Gasteiger partial charge in [0.25, 0.3) is 0 Å². The predicted octanol–water partition coefficient (Wildman–Crippen LogP) is 10.8. The molecule has 0 aliphatic heterocycles. The minimum atomic E-state index is -4.40. The number of nitrogens with zero attached hydrogens (tertiary/aromatic N) is 1. The first-order valence-corrected chi connectivity index (χ1v) is 21.3. The lowest BCUT2D eigenvalue weighted by Crippen LogP contribution is -2.37. The quantitative estimate of drug-likeness (QED) is 0.0227. The third-order valence-electron chi connectivity index (χ3n) is 7.69. The van der Waals surface area contributed by atoms with Crippen molar-refractivity contribution in [2.24, 2.45) is 0 Å². The molecule has 0 heterocycles. The number of ether oxygens (including phenoxy) is 2. The van der Waals surface area contributed by atoms with Crippen molar-refractivity contribution in [1.29, 1.82) is 0 Å². The van der Waals surface area contributed by atoms with Crippen LogP contribution < -0.4 is 0 Å². The summed E-state index contributed by atoms with van der Waals surface area (Å²) in [5, 5.41) is 0. The molecule has 2 unspecified atom stereocenters. The second-order valence-corrected chi connectivity index (χ2v) is 15.4. The molecular weight excluding hydrogens is 689 g/mol. The highest BCUT2D eigenvalue weighted by Crippen LogP contribution is 2.43. The number of carbonyl (C=O) groups excluding carboxylic acids is 2. The third kappa shape index (κ3) is 38.7. The van der Waals surface area contributed by atoms with Gasteiger partial charge < -0.3 is 18.9 Å². The maximum Gasteiger partial charge on any atom is 0.472 e. The molecule has 0 aliphatic rings. The first-order chi connectivity index (χ1) is 25.5. The zero-order valence-corrected chi connectivity index (χ0v) is 34.6. The molecule has 0 fully saturated rings. The van der Waals surface area contributed by atoms with Gasteiger partial charge in [0.15, 0.2) is 6.10 Å². The van der Waals surface area contributed by atoms with E-state index in [9.17, 15) is 19.0 Å². The topological polar surface area (TPSA) is 108 Å². The van der Waals surface area contributed by atoms with Gasteiger partial charge in [-0.2, -0.15) is 0 Å². The molecule has 0 saturated carbocycles. The molecule has 10 heteroatoms. The van der Waals surface area contributed by atoms with Gasteiger partial charge in [-0.15, -0.1) is 0 Å². The smallest absolute Gasteiger partial charge is 0.462 e. The van der Waals surface area contributed by atoms with Crippen LogP contribution in [0.5, 0.6) is 0 Å². The average Bonchev–Trinajstić information content (AvgIpc) is 3.10. The standard InChI is InChI=1S/C43H72NO8P/c1-6-8-10-12-14-16-18-20-21-22-24-25-27-29-31-33-35-42(45)49-39-41(40-51-53(47,48)50-38-37-44(3,4)5)52-43(46)36-34-32-30-28-26-23-19-17-15-13-11-9-7-2/h8,10,14,16,20-21,23-26,29-32,41H,6-7,9,11-13,15,17-19,22,27-28,33-40H2,1-5H3/p+1/b10-8+,16-14+,21-20+,25-24+,26-23+,31-29+,32-30+. The molecule has 0 aromatic rings. The second kappa shape index (κ2) is 34.9. The molecule has 0 saturated heterocycles. The lowest BCUT2D eigenvalue weighted by atomic mass is 10.1. The van der Waals surface area contributed by atoms with Crippen molar-refractivity contribution in [3.63, 3.8) is 0 Å². The van der Waals surface area contributed by atoms with E-state index in [1.165, 1.54) is 38.5 Å². The van der Waals surface area contributed by atoms with Crippen molar-refractivity contribution in [1.82, 2.24) is 0 Å². The van der Waals surface area contributed by atoms with E-state index in [-0.39, 0.29) is 26.1 Å². The van der Waals surface area contributed by atoms with Crippen LogP contribution in [0.25, 0.3) is 0 Å². The monoisotopic (exact) mass is 763 g/mol. The first kappa shape index (κ1) is 50.2. The largest absolute Gasteiger partial charge is 0.472 e. The van der Waals surface area contributed by atoms with Gasteiger partial charge in [0, 0.05) is 12.8 Å². The zero-order chi connectivity index (χ0) is 39.3. The Morgan fingerprint density at radius 1 is 0.604 bits per heavy atom. The molecule has 0 aromatic carbocycles. The number of phosphoric ester groups is 1. The van der Waals surface area contributed by atoms with Gasteiger partial charge in [-0.3, -0.25) is 18.6 Å². The summed E-state index contributed by atoms with van der Waals surface area (Å²) in [6, 6.07) is 0. The molecule has 0 amide bonds. The Kier molecular flexibility index (Phi) is 33.1. The van der Waals surface area contributed by atoms with Gasteiger partial charge in [-0.05, 0) is 64.2 Å². The molecule has 0 aromatic heterocycles. The van der Waals surface area contributed by atoms with Crippen molar-refractivity contribution in [3.05, 3.63) is 85.1 Å². The van der Waals surface area contributed by atoms with Crippen LogP contribution in [0.2, 0.25) is 0 Å². The summed E-state index contributed by atoms with van der Waals surface area (Å²) in [4.78, 5) is 35.1. The molecule has 0 aliphatic carbocycles. The number of likely N-dealkylation sites (N-methyl/N-ethyl adjacent to an activating group) is 1. The van der Waals surface area contributed by atoms with Crippen LogP contribution in [0.15, 0.2) is 85.1 Å². The molecule has 0 radical (unpaired) electrons. The zero-order valence-electron chi connectivity index (χ0n) is 33.7. The molecule has 9 nitrogen and oxygen atoms in total. The molecular formula is C43H73NO8P+. The molecule has 53 heavy (non-hydrogen) atoms. The van der Waals surface area contributed by atoms with Crippen molar-refractivity contribution in [2.75, 3.05) is 47.5 Å². The first-order valence-electron chi connectivity index (χ1n) is 19.8. The van der Waals surface area contributed by atoms with Gasteiger partial charge in [0.05, 0.1) is 27.7 Å². The highest BCUT2D eigenvalue weighted by molar-refractivity contribution is 7.47. The lowest BCUT2D eigenvalue weighted by molar-refractivity contribution is -0.870. The van der Waals surface area contributed by atoms with Crippen LogP contribution >= 0.6 is 7.82 Å². The van der Waals surface area contributed by atoms with Crippen LogP contribution in [0.1, 0.15) is 123 Å². The van der Waals surface area contributed by atoms with Gasteiger partial charge >= 0.3 is 19.8 Å². The summed E-state index contributed by atoms with van der Waals surface area (Å²) < 4.78 is 34.0.